The van der Waals surface area contributed by atoms with Gasteiger partial charge in [0.25, 0.3) is 0 Å². The summed E-state index contributed by atoms with van der Waals surface area (Å²) in [6, 6.07) is 0. The van der Waals surface area contributed by atoms with Crippen molar-refractivity contribution in [1.29, 1.82) is 0 Å². The largest absolute Gasteiger partial charge is 0.390 e. The Morgan fingerprint density at radius 2 is 2.00 bits per heavy atom. The molecule has 0 radical (unpaired) electrons. The van der Waals surface area contributed by atoms with Crippen LogP contribution < -0.4 is 0 Å². The average Bonchev–Trinajstić information content (AvgIpc) is 2.04. The standard InChI is InChI=1S/C11H22O2/c1-6-9(3)8-10(12)11(4,5)13-7-2/h10,12H,3,6-8H2,1-2,4-5H3. The van der Waals surface area contributed by atoms with Crippen LogP contribution in [-0.2, 0) is 4.74 Å². The fourth-order valence-electron chi connectivity index (χ4n) is 1.13. The zero-order chi connectivity index (χ0) is 10.5. The Morgan fingerprint density at radius 3 is 2.38 bits per heavy atom. The van der Waals surface area contributed by atoms with Crippen molar-refractivity contribution in [2.75, 3.05) is 6.61 Å². The van der Waals surface area contributed by atoms with E-state index in [1.165, 1.54) is 0 Å². The third kappa shape index (κ3) is 4.44. The van der Waals surface area contributed by atoms with Crippen LogP contribution >= 0.6 is 0 Å². The molecule has 0 aromatic heterocycles. The van der Waals surface area contributed by atoms with Gasteiger partial charge >= 0.3 is 0 Å². The van der Waals surface area contributed by atoms with Gasteiger partial charge in [-0.05, 0) is 33.6 Å². The van der Waals surface area contributed by atoms with Crippen molar-refractivity contribution in [2.24, 2.45) is 0 Å². The van der Waals surface area contributed by atoms with E-state index in [4.69, 9.17) is 4.74 Å². The maximum Gasteiger partial charge on any atom is 0.0887 e. The van der Waals surface area contributed by atoms with Crippen molar-refractivity contribution < 1.29 is 9.84 Å². The van der Waals surface area contributed by atoms with Crippen molar-refractivity contribution >= 4 is 0 Å². The molecule has 0 aliphatic heterocycles. The summed E-state index contributed by atoms with van der Waals surface area (Å²) in [5, 5.41) is 9.82. The molecule has 0 aromatic rings. The van der Waals surface area contributed by atoms with E-state index in [1.54, 1.807) is 0 Å². The van der Waals surface area contributed by atoms with E-state index in [9.17, 15) is 5.11 Å². The van der Waals surface area contributed by atoms with Gasteiger partial charge in [0.05, 0.1) is 11.7 Å². The molecule has 1 N–H and O–H groups in total. The topological polar surface area (TPSA) is 29.5 Å². The smallest absolute Gasteiger partial charge is 0.0887 e. The summed E-state index contributed by atoms with van der Waals surface area (Å²) in [5.41, 5.74) is 0.604. The Kier molecular flexibility index (Phi) is 5.26. The van der Waals surface area contributed by atoms with Crippen molar-refractivity contribution in [1.82, 2.24) is 0 Å². The molecule has 0 saturated heterocycles. The minimum absolute atomic E-state index is 0.458. The van der Waals surface area contributed by atoms with Crippen LogP contribution in [-0.4, -0.2) is 23.4 Å². The first-order chi connectivity index (χ1) is 5.94. The van der Waals surface area contributed by atoms with Crippen molar-refractivity contribution in [2.45, 2.75) is 52.2 Å². The first kappa shape index (κ1) is 12.7. The normalized spacial score (nSPS) is 14.2. The van der Waals surface area contributed by atoms with E-state index >= 15 is 0 Å². The van der Waals surface area contributed by atoms with E-state index in [2.05, 4.69) is 6.58 Å². The summed E-state index contributed by atoms with van der Waals surface area (Å²) >= 11 is 0. The fraction of sp³-hybridized carbons (Fsp3) is 0.818. The van der Waals surface area contributed by atoms with E-state index < -0.39 is 11.7 Å². The van der Waals surface area contributed by atoms with E-state index in [0.717, 1.165) is 12.0 Å². The second-order valence-corrected chi connectivity index (χ2v) is 3.86. The predicted molar refractivity (Wildman–Crippen MR) is 55.8 cm³/mol. The van der Waals surface area contributed by atoms with Gasteiger partial charge < -0.3 is 9.84 Å². The predicted octanol–water partition coefficient (Wildman–Crippen LogP) is 2.52. The minimum atomic E-state index is -0.465. The second kappa shape index (κ2) is 5.40. The quantitative estimate of drug-likeness (QED) is 0.646. The number of hydrogen-bond donors (Lipinski definition) is 1. The molecule has 0 spiro atoms. The van der Waals surface area contributed by atoms with Gasteiger partial charge in [0.15, 0.2) is 0 Å². The third-order valence-electron chi connectivity index (χ3n) is 2.30. The van der Waals surface area contributed by atoms with Gasteiger partial charge in [0, 0.05) is 6.61 Å². The molecule has 0 fully saturated rings. The Hall–Kier alpha value is -0.340. The number of aliphatic hydroxyl groups is 1. The summed E-state index contributed by atoms with van der Waals surface area (Å²) in [6.45, 7) is 12.3. The van der Waals surface area contributed by atoms with Crippen molar-refractivity contribution in [3.05, 3.63) is 12.2 Å². The molecule has 0 aliphatic carbocycles. The average molecular weight is 186 g/mol. The summed E-state index contributed by atoms with van der Waals surface area (Å²) in [7, 11) is 0. The molecule has 0 aromatic carbocycles. The number of rotatable bonds is 6. The molecule has 0 bridgehead atoms. The molecule has 1 unspecified atom stereocenters. The zero-order valence-corrected chi connectivity index (χ0v) is 9.26. The van der Waals surface area contributed by atoms with Gasteiger partial charge in [-0.25, -0.2) is 0 Å². The third-order valence-corrected chi connectivity index (χ3v) is 2.30. The number of aliphatic hydroxyl groups excluding tert-OH is 1. The highest BCUT2D eigenvalue weighted by molar-refractivity contribution is 4.98. The van der Waals surface area contributed by atoms with Gasteiger partial charge in [-0.2, -0.15) is 0 Å². The highest BCUT2D eigenvalue weighted by Crippen LogP contribution is 2.21. The first-order valence-electron chi connectivity index (χ1n) is 4.92. The molecule has 2 heteroatoms. The van der Waals surface area contributed by atoms with Gasteiger partial charge in [-0.1, -0.05) is 19.1 Å². The molecule has 1 atom stereocenters. The van der Waals surface area contributed by atoms with Crippen LogP contribution in [0.1, 0.15) is 40.5 Å². The van der Waals surface area contributed by atoms with Crippen LogP contribution in [0.25, 0.3) is 0 Å². The molecule has 0 saturated carbocycles. The van der Waals surface area contributed by atoms with Crippen molar-refractivity contribution in [3.63, 3.8) is 0 Å². The summed E-state index contributed by atoms with van der Waals surface area (Å²) in [5.74, 6) is 0. The monoisotopic (exact) mass is 186 g/mol. The minimum Gasteiger partial charge on any atom is -0.390 e. The molecule has 0 amide bonds. The lowest BCUT2D eigenvalue weighted by atomic mass is 9.94. The molecule has 0 heterocycles. The molecule has 13 heavy (non-hydrogen) atoms. The van der Waals surface area contributed by atoms with Crippen molar-refractivity contribution in [3.8, 4) is 0 Å². The lowest BCUT2D eigenvalue weighted by Gasteiger charge is -2.30. The van der Waals surface area contributed by atoms with Crippen LogP contribution in [0.2, 0.25) is 0 Å². The molecular weight excluding hydrogens is 164 g/mol. The van der Waals surface area contributed by atoms with Crippen LogP contribution in [0.4, 0.5) is 0 Å². The van der Waals surface area contributed by atoms with Crippen LogP contribution in [0.15, 0.2) is 12.2 Å². The van der Waals surface area contributed by atoms with Crippen LogP contribution in [0.5, 0.6) is 0 Å². The lowest BCUT2D eigenvalue weighted by molar-refractivity contribution is -0.0955. The summed E-state index contributed by atoms with van der Waals surface area (Å²) in [4.78, 5) is 0. The Morgan fingerprint density at radius 1 is 1.46 bits per heavy atom. The molecule has 0 aliphatic rings. The first-order valence-corrected chi connectivity index (χ1v) is 4.92. The van der Waals surface area contributed by atoms with E-state index in [1.807, 2.05) is 27.7 Å². The highest BCUT2D eigenvalue weighted by Gasteiger charge is 2.28. The van der Waals surface area contributed by atoms with Gasteiger partial charge in [0.2, 0.25) is 0 Å². The Bertz CT molecular complexity index is 161. The fourth-order valence-corrected chi connectivity index (χ4v) is 1.13. The Labute approximate surface area is 81.6 Å². The van der Waals surface area contributed by atoms with Gasteiger partial charge in [-0.15, -0.1) is 0 Å². The maximum atomic E-state index is 9.82. The van der Waals surface area contributed by atoms with Gasteiger partial charge in [-0.3, -0.25) is 0 Å². The molecule has 0 rings (SSSR count). The molecule has 2 nitrogen and oxygen atoms in total. The van der Waals surface area contributed by atoms with Crippen LogP contribution in [0.3, 0.4) is 0 Å². The Balaban J connectivity index is 4.07. The SMILES string of the molecule is C=C(CC)CC(O)C(C)(C)OCC. The highest BCUT2D eigenvalue weighted by atomic mass is 16.5. The summed E-state index contributed by atoms with van der Waals surface area (Å²) < 4.78 is 5.45. The lowest BCUT2D eigenvalue weighted by Crippen LogP contribution is -2.39. The van der Waals surface area contributed by atoms with E-state index in [-0.39, 0.29) is 0 Å². The summed E-state index contributed by atoms with van der Waals surface area (Å²) in [6.07, 6.45) is 1.09. The molecular formula is C11H22O2. The second-order valence-electron chi connectivity index (χ2n) is 3.86. The number of hydrogen-bond acceptors (Lipinski definition) is 2. The van der Waals surface area contributed by atoms with E-state index in [0.29, 0.717) is 13.0 Å². The zero-order valence-electron chi connectivity index (χ0n) is 9.26. The number of ether oxygens (including phenoxy) is 1. The molecule has 78 valence electrons. The maximum absolute atomic E-state index is 9.82. The van der Waals surface area contributed by atoms with Gasteiger partial charge in [0.1, 0.15) is 0 Å². The van der Waals surface area contributed by atoms with Crippen LogP contribution in [0, 0.1) is 0 Å².